The zero-order chi connectivity index (χ0) is 17.4. The molecule has 0 saturated heterocycles. The Morgan fingerprint density at radius 1 is 1.04 bits per heavy atom. The Kier molecular flexibility index (Phi) is 3.57. The minimum atomic E-state index is 0.187. The molecule has 0 bridgehead atoms. The van der Waals surface area contributed by atoms with Crippen molar-refractivity contribution < 1.29 is 0 Å². The lowest BCUT2D eigenvalue weighted by Crippen LogP contribution is -2.05. The van der Waals surface area contributed by atoms with E-state index in [0.29, 0.717) is 12.2 Å². The summed E-state index contributed by atoms with van der Waals surface area (Å²) in [6.45, 7) is 2.09. The summed E-state index contributed by atoms with van der Waals surface area (Å²) in [5.74, 6) is 0.601. The number of rotatable bonds is 3. The van der Waals surface area contributed by atoms with E-state index in [0.717, 1.165) is 33.3 Å². The fraction of sp³-hybridized carbons (Fsp3) is 0.105. The molecular formula is C19H18N6. The number of benzene rings is 1. The van der Waals surface area contributed by atoms with Crippen LogP contribution in [0.1, 0.15) is 16.7 Å². The minimum Gasteiger partial charge on any atom is -0.383 e. The molecule has 25 heavy (non-hydrogen) atoms. The van der Waals surface area contributed by atoms with E-state index in [-0.39, 0.29) is 5.95 Å². The smallest absolute Gasteiger partial charge is 0.221 e. The van der Waals surface area contributed by atoms with Gasteiger partial charge in [-0.25, -0.2) is 4.98 Å². The second-order valence-corrected chi connectivity index (χ2v) is 6.01. The molecule has 6 nitrogen and oxygen atoms in total. The molecular weight excluding hydrogens is 312 g/mol. The Morgan fingerprint density at radius 2 is 1.84 bits per heavy atom. The van der Waals surface area contributed by atoms with Gasteiger partial charge in [-0.2, -0.15) is 4.98 Å². The Labute approximate surface area is 145 Å². The Balaban J connectivity index is 1.90. The van der Waals surface area contributed by atoms with Crippen molar-refractivity contribution in [2.24, 2.45) is 0 Å². The third-order valence-electron chi connectivity index (χ3n) is 4.30. The van der Waals surface area contributed by atoms with E-state index >= 15 is 0 Å². The van der Waals surface area contributed by atoms with Gasteiger partial charge >= 0.3 is 0 Å². The fourth-order valence-corrected chi connectivity index (χ4v) is 3.18. The number of anilines is 2. The van der Waals surface area contributed by atoms with E-state index in [1.54, 1.807) is 6.20 Å². The maximum atomic E-state index is 6.01. The van der Waals surface area contributed by atoms with Crippen molar-refractivity contribution in [1.29, 1.82) is 0 Å². The SMILES string of the molecule is Cc1cc(Cc2cnc(N)nc2N)c2cccnc2c1-n1cccc1. The number of nitrogens with zero attached hydrogens (tertiary/aromatic N) is 4. The summed E-state index contributed by atoms with van der Waals surface area (Å²) in [5.41, 5.74) is 16.8. The summed E-state index contributed by atoms with van der Waals surface area (Å²) in [6.07, 6.45) is 8.19. The van der Waals surface area contributed by atoms with Crippen LogP contribution in [0.3, 0.4) is 0 Å². The van der Waals surface area contributed by atoms with Crippen molar-refractivity contribution >= 4 is 22.7 Å². The van der Waals surface area contributed by atoms with E-state index in [1.807, 2.05) is 36.8 Å². The molecule has 3 heterocycles. The van der Waals surface area contributed by atoms with Crippen molar-refractivity contribution in [3.05, 3.63) is 71.8 Å². The van der Waals surface area contributed by atoms with E-state index < -0.39 is 0 Å². The molecule has 0 aliphatic heterocycles. The molecule has 6 heteroatoms. The standard InChI is InChI=1S/C19H18N6/c1-12-9-13(10-14-11-23-19(21)24-18(14)20)15-5-4-6-22-16(15)17(12)25-7-2-3-8-25/h2-9,11H,10H2,1H3,(H4,20,21,23,24). The molecule has 0 spiro atoms. The molecule has 0 fully saturated rings. The van der Waals surface area contributed by atoms with Gasteiger partial charge < -0.3 is 16.0 Å². The highest BCUT2D eigenvalue weighted by atomic mass is 15.0. The van der Waals surface area contributed by atoms with Crippen LogP contribution in [0.15, 0.2) is 55.1 Å². The first-order valence-electron chi connectivity index (χ1n) is 8.01. The molecule has 1 aromatic carbocycles. The number of nitrogens with two attached hydrogens (primary N) is 2. The Hall–Kier alpha value is -3.41. The first-order chi connectivity index (χ1) is 12.1. The summed E-state index contributed by atoms with van der Waals surface area (Å²) < 4.78 is 2.09. The average molecular weight is 330 g/mol. The van der Waals surface area contributed by atoms with Crippen LogP contribution >= 0.6 is 0 Å². The molecule has 124 valence electrons. The molecule has 4 aromatic rings. The van der Waals surface area contributed by atoms with Crippen LogP contribution in [0.4, 0.5) is 11.8 Å². The largest absolute Gasteiger partial charge is 0.383 e. The first-order valence-corrected chi connectivity index (χ1v) is 8.01. The number of pyridine rings is 1. The molecule has 4 N–H and O–H groups in total. The van der Waals surface area contributed by atoms with Crippen LogP contribution in [0.5, 0.6) is 0 Å². The molecule has 0 unspecified atom stereocenters. The van der Waals surface area contributed by atoms with Crippen LogP contribution in [0, 0.1) is 6.92 Å². The number of hydrogen-bond donors (Lipinski definition) is 2. The van der Waals surface area contributed by atoms with Crippen LogP contribution in [0.2, 0.25) is 0 Å². The number of aromatic nitrogens is 4. The molecule has 0 aliphatic carbocycles. The fourth-order valence-electron chi connectivity index (χ4n) is 3.18. The number of aryl methyl sites for hydroxylation is 1. The summed E-state index contributed by atoms with van der Waals surface area (Å²) in [5, 5.41) is 1.09. The molecule has 0 amide bonds. The van der Waals surface area contributed by atoms with Crippen LogP contribution in [-0.2, 0) is 6.42 Å². The lowest BCUT2D eigenvalue weighted by Gasteiger charge is -2.15. The van der Waals surface area contributed by atoms with E-state index in [9.17, 15) is 0 Å². The van der Waals surface area contributed by atoms with Crippen molar-refractivity contribution in [3.8, 4) is 5.69 Å². The van der Waals surface area contributed by atoms with Gasteiger partial charge in [0.15, 0.2) is 0 Å². The highest BCUT2D eigenvalue weighted by Crippen LogP contribution is 2.29. The van der Waals surface area contributed by atoms with Gasteiger partial charge in [0.05, 0.1) is 11.2 Å². The van der Waals surface area contributed by atoms with Gasteiger partial charge in [-0.3, -0.25) is 4.98 Å². The van der Waals surface area contributed by atoms with E-state index in [2.05, 4.69) is 38.6 Å². The normalized spacial score (nSPS) is 11.1. The van der Waals surface area contributed by atoms with Crippen molar-refractivity contribution in [2.45, 2.75) is 13.3 Å². The van der Waals surface area contributed by atoms with Crippen molar-refractivity contribution in [3.63, 3.8) is 0 Å². The molecule has 3 aromatic heterocycles. The maximum Gasteiger partial charge on any atom is 0.221 e. The summed E-state index contributed by atoms with van der Waals surface area (Å²) in [6, 6.07) is 10.2. The monoisotopic (exact) mass is 330 g/mol. The van der Waals surface area contributed by atoms with Gasteiger partial charge in [0.25, 0.3) is 0 Å². The molecule has 0 aliphatic rings. The zero-order valence-corrected chi connectivity index (χ0v) is 13.8. The molecule has 0 saturated carbocycles. The zero-order valence-electron chi connectivity index (χ0n) is 13.8. The predicted octanol–water partition coefficient (Wildman–Crippen LogP) is 2.88. The van der Waals surface area contributed by atoms with Crippen LogP contribution in [0.25, 0.3) is 16.6 Å². The average Bonchev–Trinajstić information content (AvgIpc) is 3.11. The van der Waals surface area contributed by atoms with E-state index in [1.165, 1.54) is 0 Å². The quantitative estimate of drug-likeness (QED) is 0.602. The van der Waals surface area contributed by atoms with E-state index in [4.69, 9.17) is 11.5 Å². The van der Waals surface area contributed by atoms with Gasteiger partial charge in [-0.05, 0) is 36.2 Å². The van der Waals surface area contributed by atoms with Crippen LogP contribution in [-0.4, -0.2) is 19.5 Å². The number of nitrogen functional groups attached to an aromatic ring is 2. The molecule has 0 radical (unpaired) electrons. The van der Waals surface area contributed by atoms with Gasteiger partial charge in [0, 0.05) is 42.2 Å². The van der Waals surface area contributed by atoms with Gasteiger partial charge in [-0.1, -0.05) is 12.1 Å². The summed E-state index contributed by atoms with van der Waals surface area (Å²) in [7, 11) is 0. The second-order valence-electron chi connectivity index (χ2n) is 6.01. The highest BCUT2D eigenvalue weighted by Gasteiger charge is 2.14. The highest BCUT2D eigenvalue weighted by molar-refractivity contribution is 5.91. The third kappa shape index (κ3) is 2.67. The maximum absolute atomic E-state index is 6.01. The van der Waals surface area contributed by atoms with Crippen molar-refractivity contribution in [2.75, 3.05) is 11.5 Å². The van der Waals surface area contributed by atoms with Gasteiger partial charge in [0.2, 0.25) is 5.95 Å². The topological polar surface area (TPSA) is 95.6 Å². The first kappa shape index (κ1) is 15.1. The van der Waals surface area contributed by atoms with Crippen molar-refractivity contribution in [1.82, 2.24) is 19.5 Å². The lowest BCUT2D eigenvalue weighted by atomic mass is 9.97. The van der Waals surface area contributed by atoms with Crippen LogP contribution < -0.4 is 11.5 Å². The van der Waals surface area contributed by atoms with Gasteiger partial charge in [-0.15, -0.1) is 0 Å². The second kappa shape index (κ2) is 5.90. The lowest BCUT2D eigenvalue weighted by molar-refractivity contribution is 1.05. The Bertz CT molecular complexity index is 1050. The number of hydrogen-bond acceptors (Lipinski definition) is 5. The predicted molar refractivity (Wildman–Crippen MR) is 99.5 cm³/mol. The molecule has 4 rings (SSSR count). The Morgan fingerprint density at radius 3 is 2.60 bits per heavy atom. The summed E-state index contributed by atoms with van der Waals surface area (Å²) in [4.78, 5) is 12.8. The third-order valence-corrected chi connectivity index (χ3v) is 4.30. The molecule has 0 atom stereocenters. The number of fused-ring (bicyclic) bond motifs is 1. The van der Waals surface area contributed by atoms with Gasteiger partial charge in [0.1, 0.15) is 5.82 Å². The minimum absolute atomic E-state index is 0.187. The summed E-state index contributed by atoms with van der Waals surface area (Å²) >= 11 is 0.